The van der Waals surface area contributed by atoms with Crippen molar-refractivity contribution in [3.05, 3.63) is 98.0 Å². The maximum atomic E-state index is 17.9. The number of carbonyl (C=O) groups is 1. The molecule has 2 unspecified atom stereocenters. The van der Waals surface area contributed by atoms with Crippen LogP contribution < -0.4 is 16.1 Å². The first-order valence-corrected chi connectivity index (χ1v) is 17.2. The molecule has 5 heterocycles. The van der Waals surface area contributed by atoms with E-state index in [4.69, 9.17) is 4.98 Å². The molecule has 2 aliphatic rings. The molecule has 1 saturated heterocycles. The highest BCUT2D eigenvalue weighted by Gasteiger charge is 2.40. The Morgan fingerprint density at radius 3 is 2.46 bits per heavy atom. The van der Waals surface area contributed by atoms with E-state index < -0.39 is 17.3 Å². The number of aromatic nitrogens is 4. The van der Waals surface area contributed by atoms with Gasteiger partial charge in [0, 0.05) is 54.9 Å². The lowest BCUT2D eigenvalue weighted by atomic mass is 9.89. The molecular weight excluding hydrogens is 638 g/mol. The van der Waals surface area contributed by atoms with E-state index in [1.807, 2.05) is 40.7 Å². The Morgan fingerprint density at radius 1 is 1.04 bits per heavy atom. The first-order valence-electron chi connectivity index (χ1n) is 17.2. The van der Waals surface area contributed by atoms with Crippen LogP contribution in [0.2, 0.25) is 0 Å². The molecule has 0 bridgehead atoms. The second-order valence-corrected chi connectivity index (χ2v) is 14.4. The Kier molecular flexibility index (Phi) is 8.07. The summed E-state index contributed by atoms with van der Waals surface area (Å²) in [7, 11) is 1.56. The number of carbonyl (C=O) groups excluding carboxylic acids is 1. The molecule has 2 aliphatic heterocycles. The number of aromatic amines is 1. The first kappa shape index (κ1) is 33.4. The molecule has 11 heteroatoms. The lowest BCUT2D eigenvalue weighted by molar-refractivity contribution is -0.129. The Morgan fingerprint density at radius 2 is 1.78 bits per heavy atom. The van der Waals surface area contributed by atoms with Gasteiger partial charge in [0.2, 0.25) is 5.91 Å². The first-order chi connectivity index (χ1) is 23.8. The van der Waals surface area contributed by atoms with Gasteiger partial charge in [0.25, 0.3) is 5.56 Å². The van der Waals surface area contributed by atoms with Crippen molar-refractivity contribution < 1.29 is 13.6 Å². The van der Waals surface area contributed by atoms with Crippen molar-refractivity contribution in [1.82, 2.24) is 24.0 Å². The molecule has 2 atom stereocenters. The molecule has 0 saturated carbocycles. The van der Waals surface area contributed by atoms with E-state index in [0.717, 1.165) is 5.56 Å². The number of fused-ring (bicyclic) bond motifs is 6. The Bertz CT molecular complexity index is 2340. The van der Waals surface area contributed by atoms with Gasteiger partial charge in [0.15, 0.2) is 5.82 Å². The molecule has 1 N–H and O–H groups in total. The van der Waals surface area contributed by atoms with Crippen LogP contribution in [-0.2, 0) is 18.3 Å². The number of H-pyrrole nitrogens is 1. The zero-order valence-electron chi connectivity index (χ0n) is 29.5. The number of rotatable bonds is 5. The SMILES string of the molecule is C=CC(=O)N1CC2CCc3c(c4cc(F)c(-c5c(C)ccc6[nH]c(=O)n(C)c56)c(F)c4n(-c4c(C(C)C)ccnc4C(C)C)c3=O)N2CC1C. The number of nitrogens with zero attached hydrogens (tertiary/aromatic N) is 5. The minimum atomic E-state index is -0.895. The molecule has 3 aromatic heterocycles. The Balaban J connectivity index is 1.65. The normalized spacial score (nSPS) is 17.6. The van der Waals surface area contributed by atoms with Crippen LogP contribution in [0.25, 0.3) is 38.8 Å². The fourth-order valence-corrected chi connectivity index (χ4v) is 8.17. The number of aryl methyl sites for hydroxylation is 2. The highest BCUT2D eigenvalue weighted by Crippen LogP contribution is 2.44. The fourth-order valence-electron chi connectivity index (χ4n) is 8.17. The van der Waals surface area contributed by atoms with Gasteiger partial charge in [-0.15, -0.1) is 0 Å². The number of imidazole rings is 1. The molecule has 260 valence electrons. The van der Waals surface area contributed by atoms with Crippen molar-refractivity contribution in [2.24, 2.45) is 7.05 Å². The minimum Gasteiger partial charge on any atom is -0.364 e. The summed E-state index contributed by atoms with van der Waals surface area (Å²) in [5.74, 6) is -2.03. The molecule has 0 aliphatic carbocycles. The number of piperazine rings is 1. The Labute approximate surface area is 288 Å². The Hall–Kier alpha value is -5.06. The van der Waals surface area contributed by atoms with Crippen LogP contribution in [0.5, 0.6) is 0 Å². The molecule has 7 rings (SSSR count). The number of halogens is 2. The highest BCUT2D eigenvalue weighted by atomic mass is 19.1. The summed E-state index contributed by atoms with van der Waals surface area (Å²) in [5.41, 5.74) is 3.42. The maximum absolute atomic E-state index is 17.9. The van der Waals surface area contributed by atoms with E-state index in [1.54, 1.807) is 37.2 Å². The van der Waals surface area contributed by atoms with Crippen LogP contribution >= 0.6 is 0 Å². The third kappa shape index (κ3) is 4.84. The summed E-state index contributed by atoms with van der Waals surface area (Å²) in [6.07, 6.45) is 3.99. The number of anilines is 1. The average molecular weight is 681 g/mol. The van der Waals surface area contributed by atoms with E-state index in [-0.39, 0.29) is 57.4 Å². The number of pyridine rings is 2. The summed E-state index contributed by atoms with van der Waals surface area (Å²) in [5, 5.41) is 0.278. The van der Waals surface area contributed by atoms with E-state index in [0.29, 0.717) is 65.2 Å². The van der Waals surface area contributed by atoms with Gasteiger partial charge in [-0.1, -0.05) is 40.3 Å². The van der Waals surface area contributed by atoms with Gasteiger partial charge in [-0.3, -0.25) is 23.7 Å². The summed E-state index contributed by atoms with van der Waals surface area (Å²) in [6.45, 7) is 16.1. The van der Waals surface area contributed by atoms with Crippen LogP contribution in [0.1, 0.15) is 75.3 Å². The van der Waals surface area contributed by atoms with Crippen molar-refractivity contribution in [2.45, 2.75) is 78.3 Å². The smallest absolute Gasteiger partial charge is 0.326 e. The standard InChI is InChI=1S/C39H42F2N6O3/c1-9-29(48)45-18-23-11-12-25-34(46(23)17-22(45)7)26-16-27(40)31(30-21(6)10-13-28-37(30)44(8)39(50)43-28)32(41)35(26)47(38(25)49)36-24(19(2)3)14-15-42-33(36)20(4)5/h9-10,13-16,19-20,22-23H,1,11-12,17-18H2,2-8H3,(H,43,50). The van der Waals surface area contributed by atoms with Crippen molar-refractivity contribution in [1.29, 1.82) is 0 Å². The lowest BCUT2D eigenvalue weighted by Crippen LogP contribution is -2.60. The molecule has 50 heavy (non-hydrogen) atoms. The largest absolute Gasteiger partial charge is 0.364 e. The van der Waals surface area contributed by atoms with E-state index in [1.165, 1.54) is 21.3 Å². The van der Waals surface area contributed by atoms with Crippen LogP contribution in [0.4, 0.5) is 14.5 Å². The summed E-state index contributed by atoms with van der Waals surface area (Å²) in [4.78, 5) is 51.9. The second-order valence-electron chi connectivity index (χ2n) is 14.4. The molecule has 2 aromatic carbocycles. The van der Waals surface area contributed by atoms with Crippen molar-refractivity contribution in [3.8, 4) is 16.8 Å². The van der Waals surface area contributed by atoms with Crippen LogP contribution in [0, 0.1) is 18.6 Å². The van der Waals surface area contributed by atoms with E-state index in [2.05, 4.69) is 16.5 Å². The number of benzene rings is 2. The molecule has 1 fully saturated rings. The number of amides is 1. The van der Waals surface area contributed by atoms with Gasteiger partial charge >= 0.3 is 5.69 Å². The molecule has 9 nitrogen and oxygen atoms in total. The molecule has 5 aromatic rings. The summed E-state index contributed by atoms with van der Waals surface area (Å²) >= 11 is 0. The second kappa shape index (κ2) is 12.1. The zero-order valence-corrected chi connectivity index (χ0v) is 29.5. The fraction of sp³-hybridized carbons (Fsp3) is 0.385. The summed E-state index contributed by atoms with van der Waals surface area (Å²) < 4.78 is 37.7. The average Bonchev–Trinajstić information content (AvgIpc) is 3.37. The predicted octanol–water partition coefficient (Wildman–Crippen LogP) is 6.60. The third-order valence-electron chi connectivity index (χ3n) is 10.6. The highest BCUT2D eigenvalue weighted by molar-refractivity contribution is 6.02. The van der Waals surface area contributed by atoms with Crippen LogP contribution in [0.15, 0.2) is 52.7 Å². The molecule has 1 amide bonds. The van der Waals surface area contributed by atoms with Gasteiger partial charge in [0.1, 0.15) is 5.82 Å². The number of hydrogen-bond donors (Lipinski definition) is 1. The molecular formula is C39H42F2N6O3. The summed E-state index contributed by atoms with van der Waals surface area (Å²) in [6, 6.07) is 6.26. The predicted molar refractivity (Wildman–Crippen MR) is 194 cm³/mol. The van der Waals surface area contributed by atoms with Gasteiger partial charge in [-0.05, 0) is 73.9 Å². The minimum absolute atomic E-state index is 0.0439. The van der Waals surface area contributed by atoms with Gasteiger partial charge in [-0.25, -0.2) is 13.6 Å². The maximum Gasteiger partial charge on any atom is 0.326 e. The van der Waals surface area contributed by atoms with Gasteiger partial charge < -0.3 is 14.8 Å². The van der Waals surface area contributed by atoms with Crippen molar-refractivity contribution >= 4 is 33.5 Å². The van der Waals surface area contributed by atoms with Crippen molar-refractivity contribution in [2.75, 3.05) is 18.0 Å². The zero-order chi connectivity index (χ0) is 35.9. The molecule has 0 spiro atoms. The van der Waals surface area contributed by atoms with Crippen molar-refractivity contribution in [3.63, 3.8) is 0 Å². The monoisotopic (exact) mass is 680 g/mol. The van der Waals surface area contributed by atoms with Crippen LogP contribution in [0.3, 0.4) is 0 Å². The number of hydrogen-bond acceptors (Lipinski definition) is 5. The third-order valence-corrected chi connectivity index (χ3v) is 10.6. The topological polar surface area (TPSA) is 96.2 Å². The quantitative estimate of drug-likeness (QED) is 0.211. The van der Waals surface area contributed by atoms with Gasteiger partial charge in [0.05, 0.1) is 39.2 Å². The molecule has 0 radical (unpaired) electrons. The van der Waals surface area contributed by atoms with Crippen LogP contribution in [-0.4, -0.2) is 55.1 Å². The van der Waals surface area contributed by atoms with E-state index >= 15 is 13.6 Å². The lowest BCUT2D eigenvalue weighted by Gasteiger charge is -2.49. The van der Waals surface area contributed by atoms with Gasteiger partial charge in [-0.2, -0.15) is 0 Å². The number of nitrogens with one attached hydrogen (secondary N) is 1. The van der Waals surface area contributed by atoms with E-state index in [9.17, 15) is 9.59 Å².